The SMILES string of the molecule is CN=C(NCCCN1CCCC(C(N)=O)C1)NCc1cccc(F)c1.I. The van der Waals surface area contributed by atoms with Crippen molar-refractivity contribution >= 4 is 35.8 Å². The number of hydrogen-bond donors (Lipinski definition) is 3. The molecule has 2 rings (SSSR count). The molecule has 4 N–H and O–H groups in total. The number of benzene rings is 1. The van der Waals surface area contributed by atoms with Gasteiger partial charge in [-0.05, 0) is 50.0 Å². The van der Waals surface area contributed by atoms with Crippen molar-refractivity contribution in [2.75, 3.05) is 33.2 Å². The van der Waals surface area contributed by atoms with Crippen LogP contribution in [0.2, 0.25) is 0 Å². The Morgan fingerprint density at radius 1 is 1.42 bits per heavy atom. The van der Waals surface area contributed by atoms with E-state index in [2.05, 4.69) is 20.5 Å². The van der Waals surface area contributed by atoms with Gasteiger partial charge < -0.3 is 21.3 Å². The molecule has 1 aromatic rings. The summed E-state index contributed by atoms with van der Waals surface area (Å²) in [5.74, 6) is 0.253. The van der Waals surface area contributed by atoms with Gasteiger partial charge in [-0.15, -0.1) is 24.0 Å². The van der Waals surface area contributed by atoms with E-state index in [1.54, 1.807) is 13.1 Å². The Bertz CT molecular complexity index is 599. The van der Waals surface area contributed by atoms with E-state index in [-0.39, 0.29) is 41.6 Å². The van der Waals surface area contributed by atoms with Crippen molar-refractivity contribution in [1.29, 1.82) is 0 Å². The number of aliphatic imine (C=N–C) groups is 1. The lowest BCUT2D eigenvalue weighted by atomic mass is 9.97. The van der Waals surface area contributed by atoms with Gasteiger partial charge in [0.05, 0.1) is 5.92 Å². The molecule has 1 fully saturated rings. The normalized spacial score (nSPS) is 18.1. The average Bonchev–Trinajstić information content (AvgIpc) is 2.61. The number of nitrogens with two attached hydrogens (primary N) is 1. The summed E-state index contributed by atoms with van der Waals surface area (Å²) in [6.45, 7) is 4.01. The molecule has 1 unspecified atom stereocenters. The van der Waals surface area contributed by atoms with Crippen LogP contribution >= 0.6 is 24.0 Å². The Labute approximate surface area is 171 Å². The van der Waals surface area contributed by atoms with Gasteiger partial charge in [0.2, 0.25) is 5.91 Å². The van der Waals surface area contributed by atoms with Gasteiger partial charge in [0.1, 0.15) is 5.82 Å². The van der Waals surface area contributed by atoms with Crippen LogP contribution < -0.4 is 16.4 Å². The maximum atomic E-state index is 13.2. The molecule has 0 radical (unpaired) electrons. The minimum atomic E-state index is -0.238. The molecule has 1 saturated heterocycles. The van der Waals surface area contributed by atoms with Gasteiger partial charge in [0, 0.05) is 26.7 Å². The van der Waals surface area contributed by atoms with Crippen molar-refractivity contribution in [3.05, 3.63) is 35.6 Å². The highest BCUT2D eigenvalue weighted by Crippen LogP contribution is 2.15. The Morgan fingerprint density at radius 2 is 2.23 bits per heavy atom. The lowest BCUT2D eigenvalue weighted by molar-refractivity contribution is -0.123. The zero-order valence-corrected chi connectivity index (χ0v) is 17.5. The Hall–Kier alpha value is -1.42. The summed E-state index contributed by atoms with van der Waals surface area (Å²) in [5.41, 5.74) is 6.28. The van der Waals surface area contributed by atoms with Crippen molar-refractivity contribution in [2.45, 2.75) is 25.8 Å². The Morgan fingerprint density at radius 3 is 2.92 bits per heavy atom. The third-order valence-electron chi connectivity index (χ3n) is 4.42. The first-order valence-corrected chi connectivity index (χ1v) is 8.79. The quantitative estimate of drug-likeness (QED) is 0.242. The van der Waals surface area contributed by atoms with Crippen LogP contribution in [0.15, 0.2) is 29.3 Å². The van der Waals surface area contributed by atoms with Gasteiger partial charge in [-0.3, -0.25) is 9.79 Å². The fraction of sp³-hybridized carbons (Fsp3) is 0.556. The molecule has 1 aliphatic rings. The number of carbonyl (C=O) groups is 1. The fourth-order valence-electron chi connectivity index (χ4n) is 3.05. The van der Waals surface area contributed by atoms with Crippen LogP contribution in [0.5, 0.6) is 0 Å². The van der Waals surface area contributed by atoms with Gasteiger partial charge in [0.25, 0.3) is 0 Å². The molecule has 26 heavy (non-hydrogen) atoms. The van der Waals surface area contributed by atoms with Crippen LogP contribution in [0.25, 0.3) is 0 Å². The number of halogens is 2. The molecule has 0 spiro atoms. The van der Waals surface area contributed by atoms with E-state index < -0.39 is 0 Å². The molecular formula is C18H29FIN5O. The molecule has 0 aliphatic carbocycles. The van der Waals surface area contributed by atoms with E-state index >= 15 is 0 Å². The average molecular weight is 477 g/mol. The fourth-order valence-corrected chi connectivity index (χ4v) is 3.05. The summed E-state index contributed by atoms with van der Waals surface area (Å²) >= 11 is 0. The molecule has 8 heteroatoms. The number of rotatable bonds is 7. The second kappa shape index (κ2) is 12.1. The number of guanidine groups is 1. The van der Waals surface area contributed by atoms with Crippen molar-refractivity contribution in [3.63, 3.8) is 0 Å². The largest absolute Gasteiger partial charge is 0.369 e. The highest BCUT2D eigenvalue weighted by molar-refractivity contribution is 14.0. The maximum absolute atomic E-state index is 13.2. The molecule has 0 aromatic heterocycles. The molecule has 146 valence electrons. The minimum Gasteiger partial charge on any atom is -0.369 e. The van der Waals surface area contributed by atoms with Crippen LogP contribution in [0.1, 0.15) is 24.8 Å². The standard InChI is InChI=1S/C18H28FN5O.HI/c1-21-18(23-12-14-5-2-7-16(19)11-14)22-8-4-10-24-9-3-6-15(13-24)17(20)25;/h2,5,7,11,15H,3-4,6,8-10,12-13H2,1H3,(H2,20,25)(H2,21,22,23);1H. The van der Waals surface area contributed by atoms with Gasteiger partial charge >= 0.3 is 0 Å². The van der Waals surface area contributed by atoms with E-state index in [1.165, 1.54) is 12.1 Å². The van der Waals surface area contributed by atoms with Crippen LogP contribution in [0.3, 0.4) is 0 Å². The first kappa shape index (κ1) is 22.6. The second-order valence-electron chi connectivity index (χ2n) is 6.38. The summed E-state index contributed by atoms with van der Waals surface area (Å²) < 4.78 is 13.2. The topological polar surface area (TPSA) is 82.8 Å². The minimum absolute atomic E-state index is 0. The first-order chi connectivity index (χ1) is 12.1. The van der Waals surface area contributed by atoms with E-state index in [0.29, 0.717) is 12.5 Å². The number of amides is 1. The number of nitrogens with zero attached hydrogens (tertiary/aromatic N) is 2. The van der Waals surface area contributed by atoms with Crippen LogP contribution in [-0.4, -0.2) is 50.0 Å². The molecule has 1 atom stereocenters. The molecule has 1 amide bonds. The third-order valence-corrected chi connectivity index (χ3v) is 4.42. The molecule has 1 heterocycles. The predicted octanol–water partition coefficient (Wildman–Crippen LogP) is 1.70. The van der Waals surface area contributed by atoms with E-state index in [4.69, 9.17) is 5.73 Å². The lowest BCUT2D eigenvalue weighted by Crippen LogP contribution is -2.42. The van der Waals surface area contributed by atoms with Crippen molar-refractivity contribution < 1.29 is 9.18 Å². The van der Waals surface area contributed by atoms with Crippen LogP contribution in [0, 0.1) is 11.7 Å². The molecule has 1 aliphatic heterocycles. The predicted molar refractivity (Wildman–Crippen MR) is 113 cm³/mol. The smallest absolute Gasteiger partial charge is 0.221 e. The van der Waals surface area contributed by atoms with Crippen LogP contribution in [0.4, 0.5) is 4.39 Å². The summed E-state index contributed by atoms with van der Waals surface area (Å²) in [5, 5.41) is 6.43. The van der Waals surface area contributed by atoms with Crippen LogP contribution in [-0.2, 0) is 11.3 Å². The van der Waals surface area contributed by atoms with Crippen molar-refractivity contribution in [2.24, 2.45) is 16.6 Å². The highest BCUT2D eigenvalue weighted by Gasteiger charge is 2.23. The van der Waals surface area contributed by atoms with E-state index in [1.807, 2.05) is 6.07 Å². The Balaban J connectivity index is 0.00000338. The zero-order valence-electron chi connectivity index (χ0n) is 15.2. The number of primary amides is 1. The first-order valence-electron chi connectivity index (χ1n) is 8.79. The van der Waals surface area contributed by atoms with Crippen molar-refractivity contribution in [1.82, 2.24) is 15.5 Å². The summed E-state index contributed by atoms with van der Waals surface area (Å²) in [4.78, 5) is 17.8. The molecule has 0 saturated carbocycles. The van der Waals surface area contributed by atoms with E-state index in [9.17, 15) is 9.18 Å². The van der Waals surface area contributed by atoms with Gasteiger partial charge in [-0.2, -0.15) is 0 Å². The number of nitrogens with one attached hydrogen (secondary N) is 2. The second-order valence-corrected chi connectivity index (χ2v) is 6.38. The maximum Gasteiger partial charge on any atom is 0.221 e. The molecule has 0 bridgehead atoms. The van der Waals surface area contributed by atoms with E-state index in [0.717, 1.165) is 51.0 Å². The molecular weight excluding hydrogens is 448 g/mol. The lowest BCUT2D eigenvalue weighted by Gasteiger charge is -2.31. The summed E-state index contributed by atoms with van der Waals surface area (Å²) in [7, 11) is 1.71. The number of hydrogen-bond acceptors (Lipinski definition) is 3. The summed E-state index contributed by atoms with van der Waals surface area (Å²) in [6.07, 6.45) is 2.88. The highest BCUT2D eigenvalue weighted by atomic mass is 127. The summed E-state index contributed by atoms with van der Waals surface area (Å²) in [6, 6.07) is 6.50. The van der Waals surface area contributed by atoms with Gasteiger partial charge in [-0.25, -0.2) is 4.39 Å². The third kappa shape index (κ3) is 7.86. The number of carbonyl (C=O) groups excluding carboxylic acids is 1. The Kier molecular flexibility index (Phi) is 10.5. The zero-order chi connectivity index (χ0) is 18.1. The number of piperidine rings is 1. The van der Waals surface area contributed by atoms with Crippen molar-refractivity contribution in [3.8, 4) is 0 Å². The van der Waals surface area contributed by atoms with Gasteiger partial charge in [-0.1, -0.05) is 12.1 Å². The van der Waals surface area contributed by atoms with Gasteiger partial charge in [0.15, 0.2) is 5.96 Å². The number of likely N-dealkylation sites (tertiary alicyclic amines) is 1. The molecule has 1 aromatic carbocycles. The monoisotopic (exact) mass is 477 g/mol. The molecule has 6 nitrogen and oxygen atoms in total.